The van der Waals surface area contributed by atoms with Gasteiger partial charge in [0, 0.05) is 38.8 Å². The molecule has 40 heteroatoms. The van der Waals surface area contributed by atoms with E-state index in [1.165, 1.54) is 6.92 Å². The molecule has 40 atom stereocenters. The van der Waals surface area contributed by atoms with Crippen molar-refractivity contribution in [3.05, 3.63) is 0 Å². The Hall–Kier alpha value is -1.60. The fraction of sp³-hybridized carbons (Fsp3) is 1.00. The predicted octanol–water partition coefficient (Wildman–Crippen LogP) is -15.3. The Morgan fingerprint density at radius 3 is 0.663 bits per heavy atom. The van der Waals surface area contributed by atoms with Crippen molar-refractivity contribution >= 4 is 0 Å². The van der Waals surface area contributed by atoms with Gasteiger partial charge in [0.2, 0.25) is 0 Å². The second-order valence-electron chi connectivity index (χ2n) is 25.7. The average molecular weight is 1390 g/mol. The molecule has 31 fully saturated rings. The summed E-state index contributed by atoms with van der Waals surface area (Å²) in [6.07, 6.45) is -78.3. The Labute approximate surface area is 541 Å². The minimum absolute atomic E-state index is 0.0958. The monoisotopic (exact) mass is 1390 g/mol. The molecule has 22 N–H and O–H groups in total. The summed E-state index contributed by atoms with van der Waals surface area (Å²) in [5, 5.41) is 248. The molecular formula is C55H94N2O38. The molecule has 0 saturated carbocycles. The molecule has 31 rings (SSSR count). The number of aliphatic hydroxyl groups excluding tert-OH is 22. The van der Waals surface area contributed by atoms with E-state index in [2.05, 4.69) is 4.90 Å². The molecule has 16 bridgehead atoms. The molecule has 0 radical (unpaired) electrons. The minimum Gasteiger partial charge on any atom is -0.394 e. The van der Waals surface area contributed by atoms with Gasteiger partial charge in [-0.15, -0.1) is 0 Å². The quantitative estimate of drug-likeness (QED) is 0.102. The summed E-state index contributed by atoms with van der Waals surface area (Å²) in [5.74, 6) is 0. The summed E-state index contributed by atoms with van der Waals surface area (Å²) in [6.45, 7) is 1.02. The molecule has 40 nitrogen and oxygen atoms in total. The summed E-state index contributed by atoms with van der Waals surface area (Å²) < 4.78 is 94.0. The van der Waals surface area contributed by atoms with Crippen LogP contribution in [0.1, 0.15) is 20.8 Å². The van der Waals surface area contributed by atoms with E-state index in [4.69, 9.17) is 75.8 Å². The highest BCUT2D eigenvalue weighted by molar-refractivity contribution is 5.03. The number of hydrogen-bond acceptors (Lipinski definition) is 40. The Morgan fingerprint density at radius 2 is 0.442 bits per heavy atom. The van der Waals surface area contributed by atoms with Crippen LogP contribution in [0.3, 0.4) is 0 Å². The summed E-state index contributed by atoms with van der Waals surface area (Å²) in [6, 6.07) is 0.174. The van der Waals surface area contributed by atoms with E-state index in [0.29, 0.717) is 26.2 Å². The summed E-state index contributed by atoms with van der Waals surface area (Å²) in [5.41, 5.74) is 0. The molecule has 0 amide bonds. The van der Waals surface area contributed by atoms with Gasteiger partial charge in [-0.1, -0.05) is 0 Å². The zero-order valence-corrected chi connectivity index (χ0v) is 51.7. The minimum atomic E-state index is -2.23. The van der Waals surface area contributed by atoms with E-state index in [9.17, 15) is 112 Å². The number of piperazine rings is 1. The maximum atomic E-state index is 12.0. The largest absolute Gasteiger partial charge is 0.394 e. The first kappa shape index (κ1) is 76.0. The number of nitrogens with zero attached hydrogens (tertiary/aromatic N) is 2. The van der Waals surface area contributed by atoms with Crippen molar-refractivity contribution in [2.75, 3.05) is 72.4 Å². The first-order chi connectivity index (χ1) is 45.2. The lowest BCUT2D eigenvalue weighted by atomic mass is 9.94. The van der Waals surface area contributed by atoms with Gasteiger partial charge >= 0.3 is 0 Å². The maximum Gasteiger partial charge on any atom is 0.187 e. The first-order valence-corrected chi connectivity index (χ1v) is 31.7. The smallest absolute Gasteiger partial charge is 0.187 e. The van der Waals surface area contributed by atoms with Crippen LogP contribution >= 0.6 is 0 Å². The van der Waals surface area contributed by atoms with Crippen molar-refractivity contribution in [1.82, 2.24) is 9.80 Å². The van der Waals surface area contributed by atoms with Crippen LogP contribution in [0.2, 0.25) is 0 Å². The van der Waals surface area contributed by atoms with E-state index in [0.717, 1.165) is 0 Å². The van der Waals surface area contributed by atoms with Gasteiger partial charge in [-0.05, 0) is 20.8 Å². The van der Waals surface area contributed by atoms with Crippen molar-refractivity contribution in [3.63, 3.8) is 0 Å². The topological polar surface area (TPSA) is 599 Å². The molecule has 40 unspecified atom stereocenters. The van der Waals surface area contributed by atoms with Crippen LogP contribution in [-0.2, 0) is 75.8 Å². The van der Waals surface area contributed by atoms with Crippen molar-refractivity contribution in [1.29, 1.82) is 0 Å². The van der Waals surface area contributed by atoms with Crippen LogP contribution < -0.4 is 0 Å². The third-order valence-corrected chi connectivity index (χ3v) is 19.2. The molecule has 31 aliphatic rings. The fourth-order valence-electron chi connectivity index (χ4n) is 13.6. The highest BCUT2D eigenvalue weighted by Gasteiger charge is 2.60. The number of aliphatic hydroxyl groups is 22. The molecule has 0 aliphatic carbocycles. The molecule has 31 aliphatic heterocycles. The highest BCUT2D eigenvalue weighted by atomic mass is 16.8. The molecule has 0 spiro atoms. The van der Waals surface area contributed by atoms with Crippen LogP contribution in [0.15, 0.2) is 0 Å². The van der Waals surface area contributed by atoms with Crippen LogP contribution in [0.4, 0.5) is 0 Å². The SMILES string of the molecule is CC1OC2OC3C(CO)OC(OC4C(CO)OC(OC5C(CO)OC(OC6C(CO)OC(OC7C(CO)OC(OC8C(CN9CCN(C(C)C)CC9)OC(OC9C(CO)OC(OC1C(O)C2O)C(O)C9O)C(O)C8O)C(O)C7O)C(O)C6O)C(O)C5O)C(O)C4O)C(O)C3O. The van der Waals surface area contributed by atoms with Crippen molar-refractivity contribution in [3.8, 4) is 0 Å². The maximum absolute atomic E-state index is 12.0. The Morgan fingerprint density at radius 1 is 0.253 bits per heavy atom. The normalized spacial score (nSPS) is 53.6. The van der Waals surface area contributed by atoms with Gasteiger partial charge in [-0.3, -0.25) is 9.80 Å². The summed E-state index contributed by atoms with van der Waals surface area (Å²) in [7, 11) is 0. The zero-order valence-electron chi connectivity index (χ0n) is 51.7. The number of ether oxygens (including phenoxy) is 16. The molecule has 0 aromatic carbocycles. The van der Waals surface area contributed by atoms with E-state index in [1.54, 1.807) is 0 Å². The van der Waals surface area contributed by atoms with Gasteiger partial charge in [-0.25, -0.2) is 0 Å². The van der Waals surface area contributed by atoms with Gasteiger partial charge in [0.05, 0.1) is 45.7 Å². The molecule has 95 heavy (non-hydrogen) atoms. The molecule has 552 valence electrons. The molecule has 31 saturated heterocycles. The van der Waals surface area contributed by atoms with Gasteiger partial charge in [-0.2, -0.15) is 0 Å². The van der Waals surface area contributed by atoms with Crippen molar-refractivity contribution < 1.29 is 188 Å². The average Bonchev–Trinajstić information content (AvgIpc) is 0.811. The van der Waals surface area contributed by atoms with Gasteiger partial charge in [0.1, 0.15) is 189 Å². The molecule has 0 aromatic heterocycles. The molecule has 31 heterocycles. The van der Waals surface area contributed by atoms with Gasteiger partial charge in [0.15, 0.2) is 50.3 Å². The van der Waals surface area contributed by atoms with E-state index in [1.807, 2.05) is 18.7 Å². The number of rotatable bonds is 9. The van der Waals surface area contributed by atoms with Crippen LogP contribution in [0.5, 0.6) is 0 Å². The lowest BCUT2D eigenvalue weighted by Crippen LogP contribution is -2.69. The lowest BCUT2D eigenvalue weighted by Gasteiger charge is -2.51. The van der Waals surface area contributed by atoms with Crippen molar-refractivity contribution in [2.24, 2.45) is 0 Å². The van der Waals surface area contributed by atoms with E-state index >= 15 is 0 Å². The first-order valence-electron chi connectivity index (χ1n) is 31.7. The third-order valence-electron chi connectivity index (χ3n) is 19.2. The standard InChI is InChI=1S/C55H94N2O38/c1-15(2)57-6-4-56(5-7-57)8-17-41-25(65)33(73)49(81-17)91-43-19(10-59)82-50(34(74)26(43)66)88-40-16(3)80-48(32(72)24(40)64)90-42-18(9-58)84-52(36(76)27(42)67)93-45-21(12-61)86-54(38(78)29(45)69)95-47-23(14-63)87-55(39(79)31(47)71)94-46-22(13-62)85-53(37(77)30(46)70)92-44-20(11-60)83-51(89-41)35(75)28(44)68/h15-55,58-79H,4-14H2,1-3H3. The Bertz CT molecular complexity index is 2360. The number of hydrogen-bond donors (Lipinski definition) is 22. The van der Waals surface area contributed by atoms with E-state index < -0.39 is 285 Å². The summed E-state index contributed by atoms with van der Waals surface area (Å²) >= 11 is 0. The van der Waals surface area contributed by atoms with Gasteiger partial charge < -0.3 is 188 Å². The van der Waals surface area contributed by atoms with Crippen molar-refractivity contribution in [2.45, 2.75) is 272 Å². The Kier molecular flexibility index (Phi) is 25.9. The third kappa shape index (κ3) is 15.5. The molecule has 0 aromatic rings. The van der Waals surface area contributed by atoms with Crippen LogP contribution in [0.25, 0.3) is 0 Å². The highest BCUT2D eigenvalue weighted by Crippen LogP contribution is 2.40. The molecular weight excluding hydrogens is 1300 g/mol. The second-order valence-corrected chi connectivity index (χ2v) is 25.7. The zero-order chi connectivity index (χ0) is 68.9. The summed E-state index contributed by atoms with van der Waals surface area (Å²) in [4.78, 5) is 4.11. The van der Waals surface area contributed by atoms with Gasteiger partial charge in [0.25, 0.3) is 0 Å². The van der Waals surface area contributed by atoms with E-state index in [-0.39, 0.29) is 12.6 Å². The fourth-order valence-corrected chi connectivity index (χ4v) is 13.6. The van der Waals surface area contributed by atoms with Crippen LogP contribution in [0, 0.1) is 0 Å². The lowest BCUT2D eigenvalue weighted by molar-refractivity contribution is -0.403. The second kappa shape index (κ2) is 32.4. The Balaban J connectivity index is 0.921. The predicted molar refractivity (Wildman–Crippen MR) is 296 cm³/mol. The van der Waals surface area contributed by atoms with Crippen LogP contribution in [-0.4, -0.2) is 446 Å².